The van der Waals surface area contributed by atoms with Gasteiger partial charge in [0.2, 0.25) is 0 Å². The first-order chi connectivity index (χ1) is 15.8. The molecule has 0 spiro atoms. The van der Waals surface area contributed by atoms with E-state index in [1.54, 1.807) is 12.1 Å². The van der Waals surface area contributed by atoms with Crippen LogP contribution in [0.4, 0.5) is 0 Å². The van der Waals surface area contributed by atoms with Crippen LogP contribution in [0.5, 0.6) is 46.0 Å². The zero-order valence-corrected chi connectivity index (χ0v) is 18.1. The third kappa shape index (κ3) is 3.76. The van der Waals surface area contributed by atoms with Crippen LogP contribution in [0.2, 0.25) is 0 Å². The molecule has 9 nitrogen and oxygen atoms in total. The third-order valence-corrected chi connectivity index (χ3v) is 5.71. The second-order valence-electron chi connectivity index (χ2n) is 7.58. The van der Waals surface area contributed by atoms with Gasteiger partial charge in [-0.3, -0.25) is 0 Å². The fourth-order valence-corrected chi connectivity index (χ4v) is 4.20. The molecule has 174 valence electrons. The highest BCUT2D eigenvalue weighted by atomic mass is 16.5. The Bertz CT molecular complexity index is 1170. The lowest BCUT2D eigenvalue weighted by molar-refractivity contribution is 0.00643. The molecule has 0 radical (unpaired) electrons. The van der Waals surface area contributed by atoms with E-state index < -0.39 is 18.1 Å². The lowest BCUT2D eigenvalue weighted by atomic mass is 9.78. The van der Waals surface area contributed by atoms with Crippen molar-refractivity contribution in [1.82, 2.24) is 0 Å². The number of aliphatic hydroxyl groups excluding tert-OH is 1. The molecule has 0 aliphatic carbocycles. The minimum absolute atomic E-state index is 0.125. The van der Waals surface area contributed by atoms with Crippen molar-refractivity contribution in [3.05, 3.63) is 59.2 Å². The molecular weight excluding hydrogens is 432 g/mol. The lowest BCUT2D eigenvalue weighted by Gasteiger charge is -2.38. The molecule has 4 rings (SSSR count). The summed E-state index contributed by atoms with van der Waals surface area (Å²) in [4.78, 5) is 0. The van der Waals surface area contributed by atoms with Gasteiger partial charge in [0.15, 0.2) is 17.6 Å². The molecule has 0 bridgehead atoms. The topological polar surface area (TPSA) is 138 Å². The van der Waals surface area contributed by atoms with Gasteiger partial charge >= 0.3 is 0 Å². The van der Waals surface area contributed by atoms with Crippen molar-refractivity contribution in [3.8, 4) is 46.0 Å². The molecule has 0 aromatic heterocycles. The second-order valence-corrected chi connectivity index (χ2v) is 7.58. The summed E-state index contributed by atoms with van der Waals surface area (Å²) in [7, 11) is 4.40. The number of hydrogen-bond donors (Lipinski definition) is 5. The van der Waals surface area contributed by atoms with E-state index >= 15 is 0 Å². The Morgan fingerprint density at radius 1 is 0.727 bits per heavy atom. The van der Waals surface area contributed by atoms with Crippen LogP contribution in [0.1, 0.15) is 28.7 Å². The van der Waals surface area contributed by atoms with Crippen molar-refractivity contribution in [2.24, 2.45) is 0 Å². The highest BCUT2D eigenvalue weighted by Gasteiger charge is 2.44. The number of hydrogen-bond acceptors (Lipinski definition) is 9. The molecule has 3 aromatic carbocycles. The first-order valence-electron chi connectivity index (χ1n) is 10.0. The Hall–Kier alpha value is -3.98. The number of fused-ring (bicyclic) bond motifs is 1. The van der Waals surface area contributed by atoms with Crippen LogP contribution >= 0.6 is 0 Å². The zero-order valence-electron chi connectivity index (χ0n) is 18.1. The van der Waals surface area contributed by atoms with E-state index in [0.29, 0.717) is 28.4 Å². The van der Waals surface area contributed by atoms with Gasteiger partial charge in [0.25, 0.3) is 0 Å². The maximum Gasteiger partial charge on any atom is 0.157 e. The summed E-state index contributed by atoms with van der Waals surface area (Å²) in [5.41, 5.74) is 1.01. The first-order valence-corrected chi connectivity index (χ1v) is 10.0. The predicted octanol–water partition coefficient (Wildman–Crippen LogP) is 3.16. The van der Waals surface area contributed by atoms with E-state index in [4.69, 9.17) is 18.9 Å². The Kier molecular flexibility index (Phi) is 5.73. The summed E-state index contributed by atoms with van der Waals surface area (Å²) in [6.45, 7) is 0. The molecule has 0 unspecified atom stereocenters. The molecule has 0 saturated carbocycles. The summed E-state index contributed by atoms with van der Waals surface area (Å²) in [5, 5.41) is 52.0. The molecular formula is C24H24O9. The van der Waals surface area contributed by atoms with Crippen molar-refractivity contribution < 1.29 is 44.5 Å². The van der Waals surface area contributed by atoms with E-state index in [0.717, 1.165) is 6.07 Å². The van der Waals surface area contributed by atoms with Gasteiger partial charge in [-0.25, -0.2) is 0 Å². The monoisotopic (exact) mass is 456 g/mol. The van der Waals surface area contributed by atoms with Crippen LogP contribution in [0.3, 0.4) is 0 Å². The standard InChI is InChI=1S/C24H24O9/c1-30-13-9-17(31-2)21(18(10-13)32-3)22-20-16(28)7-12(25)8-19(20)33-24(23(22)29)11-4-5-14(26)15(27)6-11/h4-10,22-29H,1-3H3/t22-,23-,24-/m1/s1. The second kappa shape index (κ2) is 8.51. The minimum Gasteiger partial charge on any atom is -0.508 e. The molecule has 5 N–H and O–H groups in total. The fourth-order valence-electron chi connectivity index (χ4n) is 4.20. The molecule has 0 amide bonds. The number of phenols is 4. The molecule has 1 aliphatic heterocycles. The van der Waals surface area contributed by atoms with Crippen molar-refractivity contribution in [3.63, 3.8) is 0 Å². The predicted molar refractivity (Wildman–Crippen MR) is 117 cm³/mol. The molecule has 1 aliphatic rings. The maximum atomic E-state index is 11.5. The van der Waals surface area contributed by atoms with Crippen LogP contribution in [-0.4, -0.2) is 53.0 Å². The summed E-state index contributed by atoms with van der Waals surface area (Å²) in [5.74, 6) is -0.900. The lowest BCUT2D eigenvalue weighted by Crippen LogP contribution is -2.35. The first kappa shape index (κ1) is 22.2. The minimum atomic E-state index is -1.30. The smallest absolute Gasteiger partial charge is 0.157 e. The molecule has 1 heterocycles. The third-order valence-electron chi connectivity index (χ3n) is 5.71. The molecule has 9 heteroatoms. The number of benzene rings is 3. The summed E-state index contributed by atoms with van der Waals surface area (Å²) in [6, 6.07) is 9.77. The van der Waals surface area contributed by atoms with E-state index in [1.165, 1.54) is 45.6 Å². The Morgan fingerprint density at radius 2 is 1.39 bits per heavy atom. The number of rotatable bonds is 5. The maximum absolute atomic E-state index is 11.5. The number of aromatic hydroxyl groups is 4. The zero-order chi connectivity index (χ0) is 23.9. The average Bonchev–Trinajstić information content (AvgIpc) is 2.80. The Morgan fingerprint density at radius 3 is 1.97 bits per heavy atom. The van der Waals surface area contributed by atoms with Gasteiger partial charge < -0.3 is 44.5 Å². The summed E-state index contributed by atoms with van der Waals surface area (Å²) in [6.07, 6.45) is -2.33. The van der Waals surface area contributed by atoms with Gasteiger partial charge in [-0.2, -0.15) is 0 Å². The van der Waals surface area contributed by atoms with Crippen LogP contribution in [0.15, 0.2) is 42.5 Å². The van der Waals surface area contributed by atoms with Gasteiger partial charge in [-0.15, -0.1) is 0 Å². The van der Waals surface area contributed by atoms with Crippen LogP contribution in [-0.2, 0) is 0 Å². The van der Waals surface area contributed by atoms with E-state index in [-0.39, 0.29) is 34.3 Å². The summed E-state index contributed by atoms with van der Waals surface area (Å²) >= 11 is 0. The average molecular weight is 456 g/mol. The largest absolute Gasteiger partial charge is 0.508 e. The van der Waals surface area contributed by atoms with Gasteiger partial charge in [0.05, 0.1) is 27.2 Å². The number of methoxy groups -OCH3 is 3. The normalized spacial score (nSPS) is 19.3. The van der Waals surface area contributed by atoms with E-state index in [9.17, 15) is 25.5 Å². The fraction of sp³-hybridized carbons (Fsp3) is 0.250. The van der Waals surface area contributed by atoms with Gasteiger partial charge in [0, 0.05) is 35.4 Å². The quantitative estimate of drug-likeness (QED) is 0.367. The van der Waals surface area contributed by atoms with E-state index in [2.05, 4.69) is 0 Å². The van der Waals surface area contributed by atoms with Crippen molar-refractivity contribution >= 4 is 0 Å². The number of phenolic OH excluding ortho intramolecular Hbond substituents is 4. The molecule has 33 heavy (non-hydrogen) atoms. The Labute approximate surface area is 189 Å². The molecule has 0 fully saturated rings. The highest BCUT2D eigenvalue weighted by Crippen LogP contribution is 2.54. The van der Waals surface area contributed by atoms with Crippen molar-refractivity contribution in [2.45, 2.75) is 18.1 Å². The summed E-state index contributed by atoms with van der Waals surface area (Å²) < 4.78 is 22.4. The van der Waals surface area contributed by atoms with Crippen LogP contribution in [0.25, 0.3) is 0 Å². The molecule has 3 aromatic rings. The molecule has 3 atom stereocenters. The van der Waals surface area contributed by atoms with Gasteiger partial charge in [-0.05, 0) is 17.7 Å². The highest BCUT2D eigenvalue weighted by molar-refractivity contribution is 5.63. The van der Waals surface area contributed by atoms with Gasteiger partial charge in [0.1, 0.15) is 40.6 Å². The SMILES string of the molecule is COc1cc(OC)c([C@H]2c3c(O)cc(O)cc3O[C@H](c3ccc(O)c(O)c3)[C@@H]2O)c(OC)c1. The van der Waals surface area contributed by atoms with Gasteiger partial charge in [-0.1, -0.05) is 6.07 Å². The van der Waals surface area contributed by atoms with Crippen molar-refractivity contribution in [2.75, 3.05) is 21.3 Å². The van der Waals surface area contributed by atoms with Crippen molar-refractivity contribution in [1.29, 1.82) is 0 Å². The number of aliphatic hydroxyl groups is 1. The van der Waals surface area contributed by atoms with Crippen LogP contribution in [0, 0.1) is 0 Å². The number of ether oxygens (including phenoxy) is 4. The molecule has 0 saturated heterocycles. The van der Waals surface area contributed by atoms with Crippen LogP contribution < -0.4 is 18.9 Å². The Balaban J connectivity index is 1.98. The van der Waals surface area contributed by atoms with E-state index in [1.807, 2.05) is 0 Å².